The van der Waals surface area contributed by atoms with Gasteiger partial charge < -0.3 is 15.6 Å². The fourth-order valence-electron chi connectivity index (χ4n) is 1.73. The molecule has 3 N–H and O–H groups in total. The second kappa shape index (κ2) is 8.11. The maximum atomic E-state index is 11.7. The fourth-order valence-corrected chi connectivity index (χ4v) is 1.73. The predicted octanol–water partition coefficient (Wildman–Crippen LogP) is 1.44. The number of aryl methyl sites for hydroxylation is 1. The summed E-state index contributed by atoms with van der Waals surface area (Å²) >= 11 is 0. The van der Waals surface area contributed by atoms with Crippen LogP contribution >= 0.6 is 12.4 Å². The van der Waals surface area contributed by atoms with Gasteiger partial charge in [-0.15, -0.1) is 12.4 Å². The number of rotatable bonds is 6. The third-order valence-electron chi connectivity index (χ3n) is 2.42. The summed E-state index contributed by atoms with van der Waals surface area (Å²) in [4.78, 5) is 11.7. The van der Waals surface area contributed by atoms with Gasteiger partial charge in [0.2, 0.25) is 5.91 Å². The lowest BCUT2D eigenvalue weighted by atomic mass is 10.0. The molecule has 1 aromatic rings. The van der Waals surface area contributed by atoms with Crippen LogP contribution in [-0.2, 0) is 11.2 Å². The van der Waals surface area contributed by atoms with Crippen molar-refractivity contribution in [1.29, 1.82) is 0 Å². The molecule has 0 bridgehead atoms. The number of halogens is 1. The van der Waals surface area contributed by atoms with Crippen molar-refractivity contribution in [1.82, 2.24) is 10.5 Å². The molecular weight excluding hydrogens is 254 g/mol. The van der Waals surface area contributed by atoms with E-state index in [1.165, 1.54) is 0 Å². The van der Waals surface area contributed by atoms with Crippen LogP contribution in [0.4, 0.5) is 0 Å². The standard InChI is InChI=1S/C12H21N3O2.ClH/c1-8(2)4-11(7-13)14-12(16)6-10-5-9(3)17-15-10;/h5,8,11H,4,6-7,13H2,1-3H3,(H,14,16);1H. The molecule has 1 amide bonds. The van der Waals surface area contributed by atoms with Crippen LogP contribution in [0.5, 0.6) is 0 Å². The molecule has 0 radical (unpaired) electrons. The molecule has 0 fully saturated rings. The molecule has 0 aliphatic rings. The van der Waals surface area contributed by atoms with Gasteiger partial charge in [0, 0.05) is 18.7 Å². The van der Waals surface area contributed by atoms with E-state index in [0.29, 0.717) is 23.9 Å². The molecule has 0 aromatic carbocycles. The van der Waals surface area contributed by atoms with Gasteiger partial charge in [0.25, 0.3) is 0 Å². The highest BCUT2D eigenvalue weighted by atomic mass is 35.5. The lowest BCUT2D eigenvalue weighted by Crippen LogP contribution is -2.41. The molecule has 0 aliphatic carbocycles. The predicted molar refractivity (Wildman–Crippen MR) is 72.6 cm³/mol. The highest BCUT2D eigenvalue weighted by Gasteiger charge is 2.14. The Bertz CT molecular complexity index is 366. The SMILES string of the molecule is Cc1cc(CC(=O)NC(CN)CC(C)C)no1.Cl. The number of hydrogen-bond acceptors (Lipinski definition) is 4. The van der Waals surface area contributed by atoms with Crippen molar-refractivity contribution in [3.8, 4) is 0 Å². The summed E-state index contributed by atoms with van der Waals surface area (Å²) < 4.78 is 4.91. The smallest absolute Gasteiger partial charge is 0.226 e. The Morgan fingerprint density at radius 3 is 2.67 bits per heavy atom. The number of nitrogens with zero attached hydrogens (tertiary/aromatic N) is 1. The van der Waals surface area contributed by atoms with Gasteiger partial charge >= 0.3 is 0 Å². The minimum absolute atomic E-state index is 0. The maximum absolute atomic E-state index is 11.7. The first kappa shape index (κ1) is 16.9. The van der Waals surface area contributed by atoms with Crippen LogP contribution in [0.1, 0.15) is 31.7 Å². The first-order valence-corrected chi connectivity index (χ1v) is 5.93. The number of nitrogens with two attached hydrogens (primary N) is 1. The Labute approximate surface area is 114 Å². The van der Waals surface area contributed by atoms with Gasteiger partial charge in [0.05, 0.1) is 12.1 Å². The summed E-state index contributed by atoms with van der Waals surface area (Å²) in [5.74, 6) is 1.16. The number of aromatic nitrogens is 1. The van der Waals surface area contributed by atoms with E-state index in [4.69, 9.17) is 10.3 Å². The minimum Gasteiger partial charge on any atom is -0.361 e. The molecule has 1 atom stereocenters. The Morgan fingerprint density at radius 2 is 2.22 bits per heavy atom. The summed E-state index contributed by atoms with van der Waals surface area (Å²) in [6.07, 6.45) is 1.13. The Morgan fingerprint density at radius 1 is 1.56 bits per heavy atom. The number of nitrogens with one attached hydrogen (secondary N) is 1. The third kappa shape index (κ3) is 6.02. The molecule has 0 saturated carbocycles. The van der Waals surface area contributed by atoms with E-state index in [1.807, 2.05) is 0 Å². The molecule has 104 valence electrons. The summed E-state index contributed by atoms with van der Waals surface area (Å²) in [6, 6.07) is 1.80. The van der Waals surface area contributed by atoms with E-state index >= 15 is 0 Å². The highest BCUT2D eigenvalue weighted by Crippen LogP contribution is 2.05. The first-order chi connectivity index (χ1) is 8.01. The van der Waals surface area contributed by atoms with Crippen LogP contribution in [0.3, 0.4) is 0 Å². The molecule has 1 aromatic heterocycles. The van der Waals surface area contributed by atoms with Crippen LogP contribution in [0.2, 0.25) is 0 Å². The largest absolute Gasteiger partial charge is 0.361 e. The lowest BCUT2D eigenvalue weighted by Gasteiger charge is -2.18. The molecule has 1 rings (SSSR count). The molecule has 1 unspecified atom stereocenters. The van der Waals surface area contributed by atoms with E-state index in [-0.39, 0.29) is 30.8 Å². The maximum Gasteiger partial charge on any atom is 0.226 e. The number of carbonyl (C=O) groups is 1. The van der Waals surface area contributed by atoms with Crippen molar-refractivity contribution in [3.05, 3.63) is 17.5 Å². The quantitative estimate of drug-likeness (QED) is 0.823. The normalized spacial score (nSPS) is 12.1. The zero-order valence-electron chi connectivity index (χ0n) is 11.1. The molecule has 0 spiro atoms. The Balaban J connectivity index is 0.00000289. The van der Waals surface area contributed by atoms with Gasteiger partial charge in [-0.1, -0.05) is 19.0 Å². The summed E-state index contributed by atoms with van der Waals surface area (Å²) in [5, 5.41) is 6.69. The second-order valence-corrected chi connectivity index (χ2v) is 4.74. The zero-order valence-corrected chi connectivity index (χ0v) is 11.9. The van der Waals surface area contributed by atoms with Gasteiger partial charge in [-0.25, -0.2) is 0 Å². The van der Waals surface area contributed by atoms with Crippen LogP contribution in [0, 0.1) is 12.8 Å². The van der Waals surface area contributed by atoms with Crippen molar-refractivity contribution in [2.75, 3.05) is 6.54 Å². The summed E-state index contributed by atoms with van der Waals surface area (Å²) in [6.45, 7) is 6.48. The van der Waals surface area contributed by atoms with E-state index in [1.54, 1.807) is 13.0 Å². The van der Waals surface area contributed by atoms with Gasteiger partial charge in [-0.2, -0.15) is 0 Å². The van der Waals surface area contributed by atoms with E-state index < -0.39 is 0 Å². The topological polar surface area (TPSA) is 81.2 Å². The third-order valence-corrected chi connectivity index (χ3v) is 2.42. The Hall–Kier alpha value is -1.07. The highest BCUT2D eigenvalue weighted by molar-refractivity contribution is 5.85. The summed E-state index contributed by atoms with van der Waals surface area (Å²) in [7, 11) is 0. The van der Waals surface area contributed by atoms with Gasteiger partial charge in [-0.3, -0.25) is 4.79 Å². The minimum atomic E-state index is -0.0607. The number of carbonyl (C=O) groups excluding carboxylic acids is 1. The van der Waals surface area contributed by atoms with Crippen molar-refractivity contribution in [2.45, 2.75) is 39.7 Å². The van der Waals surface area contributed by atoms with Crippen LogP contribution < -0.4 is 11.1 Å². The first-order valence-electron chi connectivity index (χ1n) is 5.93. The van der Waals surface area contributed by atoms with Crippen LogP contribution in [-0.4, -0.2) is 23.7 Å². The molecule has 5 nitrogen and oxygen atoms in total. The molecule has 18 heavy (non-hydrogen) atoms. The zero-order chi connectivity index (χ0) is 12.8. The van der Waals surface area contributed by atoms with Gasteiger partial charge in [0.1, 0.15) is 5.76 Å². The lowest BCUT2D eigenvalue weighted by molar-refractivity contribution is -0.121. The van der Waals surface area contributed by atoms with Crippen molar-refractivity contribution >= 4 is 18.3 Å². The van der Waals surface area contributed by atoms with Crippen molar-refractivity contribution in [2.24, 2.45) is 11.7 Å². The summed E-state index contributed by atoms with van der Waals surface area (Å²) in [5.41, 5.74) is 6.27. The van der Waals surface area contributed by atoms with E-state index in [9.17, 15) is 4.79 Å². The van der Waals surface area contributed by atoms with E-state index in [0.717, 1.165) is 6.42 Å². The van der Waals surface area contributed by atoms with Crippen molar-refractivity contribution < 1.29 is 9.32 Å². The fraction of sp³-hybridized carbons (Fsp3) is 0.667. The van der Waals surface area contributed by atoms with Gasteiger partial charge in [0.15, 0.2) is 0 Å². The molecule has 0 aliphatic heterocycles. The molecule has 1 heterocycles. The average molecular weight is 276 g/mol. The molecule has 0 saturated heterocycles. The van der Waals surface area contributed by atoms with Crippen LogP contribution in [0.15, 0.2) is 10.6 Å². The van der Waals surface area contributed by atoms with E-state index in [2.05, 4.69) is 24.3 Å². The monoisotopic (exact) mass is 275 g/mol. The molecular formula is C12H22ClN3O2. The van der Waals surface area contributed by atoms with Gasteiger partial charge in [-0.05, 0) is 19.3 Å². The second-order valence-electron chi connectivity index (χ2n) is 4.74. The van der Waals surface area contributed by atoms with Crippen molar-refractivity contribution in [3.63, 3.8) is 0 Å². The number of amides is 1. The number of hydrogen-bond donors (Lipinski definition) is 2. The Kier molecular flexibility index (Phi) is 7.62. The molecule has 6 heteroatoms. The average Bonchev–Trinajstić information content (AvgIpc) is 2.62. The van der Waals surface area contributed by atoms with Crippen LogP contribution in [0.25, 0.3) is 0 Å².